The minimum absolute atomic E-state index is 0.0241. The molecule has 0 unspecified atom stereocenters. The van der Waals surface area contributed by atoms with Crippen LogP contribution in [0.15, 0.2) is 90.3 Å². The van der Waals surface area contributed by atoms with Crippen LogP contribution in [-0.4, -0.2) is 38.0 Å². The third kappa shape index (κ3) is 4.93. The highest BCUT2D eigenvalue weighted by Crippen LogP contribution is 2.27. The Morgan fingerprint density at radius 2 is 1.60 bits per heavy atom. The molecule has 1 N–H and O–H groups in total. The number of hydrogen-bond donors (Lipinski definition) is 1. The van der Waals surface area contributed by atoms with E-state index in [1.54, 1.807) is 12.4 Å². The van der Waals surface area contributed by atoms with E-state index in [9.17, 15) is 4.79 Å². The third-order valence-electron chi connectivity index (χ3n) is 4.50. The Labute approximate surface area is 179 Å². The van der Waals surface area contributed by atoms with Crippen molar-refractivity contribution in [2.24, 2.45) is 0 Å². The van der Waals surface area contributed by atoms with Crippen LogP contribution in [0.2, 0.25) is 0 Å². The number of carbonyl (C=O) groups is 1. The standard InChI is InChI=1S/C23H21N5OS/c29-21(25-16-11-18-7-3-1-4-8-18)17-30-23-27-26-22(19-12-14-24-15-13-19)28(23)20-9-5-2-6-10-20/h1-10,12-15H,11,16-17H2,(H,25,29). The van der Waals surface area contributed by atoms with Crippen LogP contribution in [0.1, 0.15) is 5.56 Å². The molecule has 0 fully saturated rings. The van der Waals surface area contributed by atoms with E-state index in [0.717, 1.165) is 23.5 Å². The number of hydrogen-bond acceptors (Lipinski definition) is 5. The number of aromatic nitrogens is 4. The summed E-state index contributed by atoms with van der Waals surface area (Å²) in [5, 5.41) is 12.4. The fourth-order valence-corrected chi connectivity index (χ4v) is 3.82. The first-order valence-electron chi connectivity index (χ1n) is 9.66. The van der Waals surface area contributed by atoms with Crippen LogP contribution in [0.25, 0.3) is 17.1 Å². The highest BCUT2D eigenvalue weighted by molar-refractivity contribution is 7.99. The Balaban J connectivity index is 1.45. The average Bonchev–Trinajstić information content (AvgIpc) is 3.23. The fourth-order valence-electron chi connectivity index (χ4n) is 3.03. The largest absolute Gasteiger partial charge is 0.355 e. The number of pyridine rings is 1. The minimum atomic E-state index is -0.0241. The summed E-state index contributed by atoms with van der Waals surface area (Å²) in [6, 6.07) is 23.8. The second-order valence-electron chi connectivity index (χ2n) is 6.59. The molecule has 0 radical (unpaired) electrons. The van der Waals surface area contributed by atoms with E-state index in [1.807, 2.05) is 65.2 Å². The highest BCUT2D eigenvalue weighted by Gasteiger charge is 2.17. The number of benzene rings is 2. The second-order valence-corrected chi connectivity index (χ2v) is 7.53. The van der Waals surface area contributed by atoms with Gasteiger partial charge in [-0.15, -0.1) is 10.2 Å². The predicted molar refractivity (Wildman–Crippen MR) is 118 cm³/mol. The molecule has 4 aromatic rings. The molecular weight excluding hydrogens is 394 g/mol. The van der Waals surface area contributed by atoms with Gasteiger partial charge in [-0.05, 0) is 36.2 Å². The van der Waals surface area contributed by atoms with Crippen molar-refractivity contribution in [2.45, 2.75) is 11.6 Å². The maximum absolute atomic E-state index is 12.3. The van der Waals surface area contributed by atoms with E-state index < -0.39 is 0 Å². The first kappa shape index (κ1) is 19.8. The van der Waals surface area contributed by atoms with Gasteiger partial charge in [0.25, 0.3) is 0 Å². The van der Waals surface area contributed by atoms with Crippen molar-refractivity contribution < 1.29 is 4.79 Å². The van der Waals surface area contributed by atoms with Gasteiger partial charge in [-0.2, -0.15) is 0 Å². The molecule has 150 valence electrons. The summed E-state index contributed by atoms with van der Waals surface area (Å²) in [5.41, 5.74) is 3.07. The zero-order valence-electron chi connectivity index (χ0n) is 16.3. The zero-order chi connectivity index (χ0) is 20.6. The van der Waals surface area contributed by atoms with Crippen LogP contribution >= 0.6 is 11.8 Å². The van der Waals surface area contributed by atoms with Crippen LogP contribution in [-0.2, 0) is 11.2 Å². The lowest BCUT2D eigenvalue weighted by Gasteiger charge is -2.10. The molecule has 0 atom stereocenters. The van der Waals surface area contributed by atoms with Crippen molar-refractivity contribution >= 4 is 17.7 Å². The van der Waals surface area contributed by atoms with E-state index in [-0.39, 0.29) is 11.7 Å². The number of amides is 1. The van der Waals surface area contributed by atoms with Gasteiger partial charge in [0.2, 0.25) is 5.91 Å². The van der Waals surface area contributed by atoms with Gasteiger partial charge in [-0.25, -0.2) is 0 Å². The van der Waals surface area contributed by atoms with Crippen LogP contribution in [0.4, 0.5) is 0 Å². The number of nitrogens with zero attached hydrogens (tertiary/aromatic N) is 4. The van der Waals surface area contributed by atoms with E-state index >= 15 is 0 Å². The average molecular weight is 416 g/mol. The van der Waals surface area contributed by atoms with Crippen molar-refractivity contribution in [1.29, 1.82) is 0 Å². The number of carbonyl (C=O) groups excluding carboxylic acids is 1. The van der Waals surface area contributed by atoms with Crippen molar-refractivity contribution in [2.75, 3.05) is 12.3 Å². The second kappa shape index (κ2) is 9.84. The molecule has 30 heavy (non-hydrogen) atoms. The first-order chi connectivity index (χ1) is 14.8. The van der Waals surface area contributed by atoms with Gasteiger partial charge in [-0.1, -0.05) is 60.3 Å². The summed E-state index contributed by atoms with van der Waals surface area (Å²) in [7, 11) is 0. The molecule has 0 saturated carbocycles. The van der Waals surface area contributed by atoms with Gasteiger partial charge in [0.05, 0.1) is 5.75 Å². The van der Waals surface area contributed by atoms with E-state index in [0.29, 0.717) is 11.7 Å². The van der Waals surface area contributed by atoms with Crippen molar-refractivity contribution in [3.05, 3.63) is 90.8 Å². The van der Waals surface area contributed by atoms with Crippen molar-refractivity contribution in [3.63, 3.8) is 0 Å². The van der Waals surface area contributed by atoms with Gasteiger partial charge < -0.3 is 5.32 Å². The highest BCUT2D eigenvalue weighted by atomic mass is 32.2. The van der Waals surface area contributed by atoms with Gasteiger partial charge in [0.1, 0.15) is 0 Å². The van der Waals surface area contributed by atoms with Gasteiger partial charge in [0.15, 0.2) is 11.0 Å². The Morgan fingerprint density at radius 3 is 2.33 bits per heavy atom. The smallest absolute Gasteiger partial charge is 0.230 e. The molecule has 0 aliphatic rings. The quantitative estimate of drug-likeness (QED) is 0.444. The topological polar surface area (TPSA) is 72.7 Å². The fraction of sp³-hybridized carbons (Fsp3) is 0.130. The molecule has 2 aromatic carbocycles. The van der Waals surface area contributed by atoms with E-state index in [4.69, 9.17) is 0 Å². The zero-order valence-corrected chi connectivity index (χ0v) is 17.1. The van der Waals surface area contributed by atoms with Crippen molar-refractivity contribution in [1.82, 2.24) is 25.1 Å². The van der Waals surface area contributed by atoms with Crippen LogP contribution in [0.3, 0.4) is 0 Å². The van der Waals surface area contributed by atoms with Gasteiger partial charge in [0, 0.05) is 30.2 Å². The van der Waals surface area contributed by atoms with E-state index in [1.165, 1.54) is 17.3 Å². The number of thioether (sulfide) groups is 1. The maximum Gasteiger partial charge on any atom is 0.230 e. The molecule has 6 nitrogen and oxygen atoms in total. The molecule has 0 saturated heterocycles. The Kier molecular flexibility index (Phi) is 6.51. The molecule has 4 rings (SSSR count). The normalized spacial score (nSPS) is 10.7. The molecule has 0 aliphatic heterocycles. The SMILES string of the molecule is O=C(CSc1nnc(-c2ccncc2)n1-c1ccccc1)NCCc1ccccc1. The predicted octanol–water partition coefficient (Wildman–Crippen LogP) is 3.78. The van der Waals surface area contributed by atoms with E-state index in [2.05, 4.69) is 32.6 Å². The molecule has 2 heterocycles. The summed E-state index contributed by atoms with van der Waals surface area (Å²) in [5.74, 6) is 0.968. The molecule has 1 amide bonds. The molecular formula is C23H21N5OS. The summed E-state index contributed by atoms with van der Waals surface area (Å²) in [4.78, 5) is 16.4. The summed E-state index contributed by atoms with van der Waals surface area (Å²) in [6.45, 7) is 0.608. The monoisotopic (exact) mass is 415 g/mol. The van der Waals surface area contributed by atoms with Crippen LogP contribution < -0.4 is 5.32 Å². The Morgan fingerprint density at radius 1 is 0.900 bits per heavy atom. The summed E-state index contributed by atoms with van der Waals surface area (Å²) < 4.78 is 1.97. The van der Waals surface area contributed by atoms with Gasteiger partial charge in [-0.3, -0.25) is 14.3 Å². The number of para-hydroxylation sites is 1. The number of rotatable bonds is 8. The Hall–Kier alpha value is -3.45. The van der Waals surface area contributed by atoms with Gasteiger partial charge >= 0.3 is 0 Å². The summed E-state index contributed by atoms with van der Waals surface area (Å²) in [6.07, 6.45) is 4.27. The number of nitrogens with one attached hydrogen (secondary N) is 1. The lowest BCUT2D eigenvalue weighted by Crippen LogP contribution is -2.27. The minimum Gasteiger partial charge on any atom is -0.355 e. The van der Waals surface area contributed by atoms with Crippen LogP contribution in [0.5, 0.6) is 0 Å². The van der Waals surface area contributed by atoms with Crippen LogP contribution in [0, 0.1) is 0 Å². The molecule has 0 spiro atoms. The lowest BCUT2D eigenvalue weighted by molar-refractivity contribution is -0.118. The first-order valence-corrected chi connectivity index (χ1v) is 10.6. The Bertz CT molecular complexity index is 1080. The third-order valence-corrected chi connectivity index (χ3v) is 5.43. The molecule has 0 aliphatic carbocycles. The van der Waals surface area contributed by atoms with Crippen molar-refractivity contribution in [3.8, 4) is 17.1 Å². The lowest BCUT2D eigenvalue weighted by atomic mass is 10.1. The molecule has 2 aromatic heterocycles. The molecule has 0 bridgehead atoms. The maximum atomic E-state index is 12.3. The molecule has 7 heteroatoms. The summed E-state index contributed by atoms with van der Waals surface area (Å²) >= 11 is 1.37.